The van der Waals surface area contributed by atoms with E-state index in [9.17, 15) is 9.59 Å². The van der Waals surface area contributed by atoms with Crippen molar-refractivity contribution in [2.75, 3.05) is 6.61 Å². The van der Waals surface area contributed by atoms with Gasteiger partial charge >= 0.3 is 11.9 Å². The molecule has 0 bridgehead atoms. The molecule has 0 saturated carbocycles. The van der Waals surface area contributed by atoms with E-state index in [0.717, 1.165) is 5.56 Å². The zero-order valence-electron chi connectivity index (χ0n) is 10.5. The lowest BCUT2D eigenvalue weighted by atomic mass is 10.0. The van der Waals surface area contributed by atoms with Gasteiger partial charge in [-0.2, -0.15) is 0 Å². The quantitative estimate of drug-likeness (QED) is 0.634. The normalized spacial score (nSPS) is 11.7. The van der Waals surface area contributed by atoms with Crippen molar-refractivity contribution in [1.29, 1.82) is 0 Å². The van der Waals surface area contributed by atoms with Crippen LogP contribution in [0.2, 0.25) is 0 Å². The Hall–Kier alpha value is -1.88. The van der Waals surface area contributed by atoms with Gasteiger partial charge in [0.05, 0.1) is 13.0 Å². The maximum atomic E-state index is 11.3. The zero-order chi connectivity index (χ0) is 13.5. The van der Waals surface area contributed by atoms with Gasteiger partial charge in [-0.05, 0) is 24.6 Å². The minimum absolute atomic E-state index is 0.126. The Labute approximate surface area is 106 Å². The van der Waals surface area contributed by atoms with Crippen LogP contribution in [0.25, 0.3) is 0 Å². The van der Waals surface area contributed by atoms with E-state index in [-0.39, 0.29) is 18.4 Å². The summed E-state index contributed by atoms with van der Waals surface area (Å²) in [7, 11) is 0. The standard InChI is InChI=1S/C13H17NO4/c1-3-17-13(16)8-12(14)10-4-6-11(7-5-10)18-9(2)15/h4-7,12H,3,8,14H2,1-2H3/t12-/m0/s1. The van der Waals surface area contributed by atoms with Gasteiger partial charge in [-0.15, -0.1) is 0 Å². The van der Waals surface area contributed by atoms with Crippen LogP contribution in [0.1, 0.15) is 31.9 Å². The highest BCUT2D eigenvalue weighted by Crippen LogP contribution is 2.19. The summed E-state index contributed by atoms with van der Waals surface area (Å²) < 4.78 is 9.72. The Kier molecular flexibility index (Phi) is 5.32. The van der Waals surface area contributed by atoms with Crippen LogP contribution in [0.4, 0.5) is 0 Å². The number of hydrogen-bond acceptors (Lipinski definition) is 5. The van der Waals surface area contributed by atoms with Crippen LogP contribution in [0.15, 0.2) is 24.3 Å². The number of carbonyl (C=O) groups is 2. The molecule has 5 heteroatoms. The van der Waals surface area contributed by atoms with Gasteiger partial charge in [0, 0.05) is 13.0 Å². The molecule has 0 aromatic heterocycles. The number of ether oxygens (including phenoxy) is 2. The first-order chi connectivity index (χ1) is 8.52. The lowest BCUT2D eigenvalue weighted by Gasteiger charge is -2.11. The molecule has 1 atom stereocenters. The highest BCUT2D eigenvalue weighted by Gasteiger charge is 2.12. The van der Waals surface area contributed by atoms with E-state index >= 15 is 0 Å². The van der Waals surface area contributed by atoms with E-state index in [1.807, 2.05) is 0 Å². The van der Waals surface area contributed by atoms with Crippen LogP contribution >= 0.6 is 0 Å². The van der Waals surface area contributed by atoms with Gasteiger partial charge in [0.25, 0.3) is 0 Å². The second-order valence-electron chi connectivity index (χ2n) is 3.78. The minimum atomic E-state index is -0.421. The van der Waals surface area contributed by atoms with Gasteiger partial charge in [-0.25, -0.2) is 0 Å². The molecule has 0 amide bonds. The second-order valence-corrected chi connectivity index (χ2v) is 3.78. The average Bonchev–Trinajstić information content (AvgIpc) is 2.29. The lowest BCUT2D eigenvalue weighted by Crippen LogP contribution is -2.17. The number of rotatable bonds is 5. The second kappa shape index (κ2) is 6.76. The van der Waals surface area contributed by atoms with Crippen LogP contribution in [0.5, 0.6) is 5.75 Å². The van der Waals surface area contributed by atoms with Crippen molar-refractivity contribution in [3.63, 3.8) is 0 Å². The van der Waals surface area contributed by atoms with Gasteiger partial charge in [-0.3, -0.25) is 9.59 Å². The van der Waals surface area contributed by atoms with Gasteiger partial charge in [-0.1, -0.05) is 12.1 Å². The summed E-state index contributed by atoms with van der Waals surface area (Å²) in [6.45, 7) is 3.43. The molecule has 0 heterocycles. The topological polar surface area (TPSA) is 78.6 Å². The van der Waals surface area contributed by atoms with Gasteiger partial charge in [0.15, 0.2) is 0 Å². The van der Waals surface area contributed by atoms with Crippen molar-refractivity contribution in [3.8, 4) is 5.75 Å². The lowest BCUT2D eigenvalue weighted by molar-refractivity contribution is -0.143. The summed E-state index contributed by atoms with van der Waals surface area (Å²) in [4.78, 5) is 22.0. The van der Waals surface area contributed by atoms with Crippen LogP contribution in [-0.2, 0) is 14.3 Å². The third-order valence-electron chi connectivity index (χ3n) is 2.26. The van der Waals surface area contributed by atoms with Crippen molar-refractivity contribution in [3.05, 3.63) is 29.8 Å². The SMILES string of the molecule is CCOC(=O)C[C@H](N)c1ccc(OC(C)=O)cc1. The third kappa shape index (κ3) is 4.55. The summed E-state index contributed by atoms with van der Waals surface area (Å²) in [6.07, 6.45) is 0.126. The predicted octanol–water partition coefficient (Wildman–Crippen LogP) is 1.56. The fourth-order valence-corrected chi connectivity index (χ4v) is 1.47. The third-order valence-corrected chi connectivity index (χ3v) is 2.26. The average molecular weight is 251 g/mol. The number of carbonyl (C=O) groups excluding carboxylic acids is 2. The Morgan fingerprint density at radius 1 is 1.28 bits per heavy atom. The van der Waals surface area contributed by atoms with Crippen LogP contribution in [0, 0.1) is 0 Å². The molecule has 0 fully saturated rings. The molecular formula is C13H17NO4. The van der Waals surface area contributed by atoms with E-state index in [4.69, 9.17) is 15.2 Å². The number of benzene rings is 1. The summed E-state index contributed by atoms with van der Waals surface area (Å²) in [5.41, 5.74) is 6.66. The molecular weight excluding hydrogens is 234 g/mol. The van der Waals surface area contributed by atoms with E-state index in [1.165, 1.54) is 6.92 Å². The first-order valence-corrected chi connectivity index (χ1v) is 5.72. The molecule has 0 aliphatic heterocycles. The maximum Gasteiger partial charge on any atom is 0.308 e. The molecule has 0 spiro atoms. The maximum absolute atomic E-state index is 11.3. The van der Waals surface area contributed by atoms with Crippen LogP contribution < -0.4 is 10.5 Å². The van der Waals surface area contributed by atoms with Crippen molar-refractivity contribution < 1.29 is 19.1 Å². The largest absolute Gasteiger partial charge is 0.466 e. The molecule has 18 heavy (non-hydrogen) atoms. The molecule has 1 aromatic rings. The van der Waals surface area contributed by atoms with E-state index in [1.54, 1.807) is 31.2 Å². The molecule has 0 unspecified atom stereocenters. The van der Waals surface area contributed by atoms with Crippen LogP contribution in [-0.4, -0.2) is 18.5 Å². The Morgan fingerprint density at radius 2 is 1.89 bits per heavy atom. The first kappa shape index (κ1) is 14.2. The van der Waals surface area contributed by atoms with Gasteiger partial charge in [0.1, 0.15) is 5.75 Å². The number of hydrogen-bond donors (Lipinski definition) is 1. The summed E-state index contributed by atoms with van der Waals surface area (Å²) in [5.74, 6) is -0.248. The molecule has 2 N–H and O–H groups in total. The van der Waals surface area contributed by atoms with Crippen molar-refractivity contribution in [2.24, 2.45) is 5.73 Å². The first-order valence-electron chi connectivity index (χ1n) is 5.72. The van der Waals surface area contributed by atoms with Crippen molar-refractivity contribution in [1.82, 2.24) is 0 Å². The Balaban J connectivity index is 2.61. The number of esters is 2. The number of nitrogens with two attached hydrogens (primary N) is 1. The van der Waals surface area contributed by atoms with Crippen molar-refractivity contribution >= 4 is 11.9 Å². The monoisotopic (exact) mass is 251 g/mol. The predicted molar refractivity (Wildman–Crippen MR) is 65.9 cm³/mol. The highest BCUT2D eigenvalue weighted by atomic mass is 16.5. The molecule has 1 aromatic carbocycles. The van der Waals surface area contributed by atoms with Crippen molar-refractivity contribution in [2.45, 2.75) is 26.3 Å². The summed E-state index contributed by atoms with van der Waals surface area (Å²) in [6, 6.07) is 6.31. The highest BCUT2D eigenvalue weighted by molar-refractivity contribution is 5.70. The molecule has 0 aliphatic carbocycles. The van der Waals surface area contributed by atoms with E-state index in [0.29, 0.717) is 12.4 Å². The molecule has 5 nitrogen and oxygen atoms in total. The van der Waals surface area contributed by atoms with Gasteiger partial charge < -0.3 is 15.2 Å². The molecule has 0 radical (unpaired) electrons. The summed E-state index contributed by atoms with van der Waals surface area (Å²) in [5, 5.41) is 0. The molecule has 98 valence electrons. The van der Waals surface area contributed by atoms with Gasteiger partial charge in [0.2, 0.25) is 0 Å². The zero-order valence-corrected chi connectivity index (χ0v) is 10.5. The fourth-order valence-electron chi connectivity index (χ4n) is 1.47. The molecule has 0 saturated heterocycles. The molecule has 1 rings (SSSR count). The Morgan fingerprint density at radius 3 is 2.39 bits per heavy atom. The smallest absolute Gasteiger partial charge is 0.308 e. The molecule has 0 aliphatic rings. The fraction of sp³-hybridized carbons (Fsp3) is 0.385. The van der Waals surface area contributed by atoms with Crippen LogP contribution in [0.3, 0.4) is 0 Å². The Bertz CT molecular complexity index is 414. The van der Waals surface area contributed by atoms with E-state index in [2.05, 4.69) is 0 Å². The van der Waals surface area contributed by atoms with E-state index < -0.39 is 6.04 Å². The summed E-state index contributed by atoms with van der Waals surface area (Å²) >= 11 is 0. The minimum Gasteiger partial charge on any atom is -0.466 e.